The predicted octanol–water partition coefficient (Wildman–Crippen LogP) is 3.78. The normalized spacial score (nSPS) is 13.7. The monoisotopic (exact) mass is 355 g/mol. The predicted molar refractivity (Wildman–Crippen MR) is 99.4 cm³/mol. The fourth-order valence-corrected chi connectivity index (χ4v) is 4.52. The van der Waals surface area contributed by atoms with Crippen LogP contribution in [0, 0.1) is 0 Å². The van der Waals surface area contributed by atoms with Gasteiger partial charge in [0.1, 0.15) is 16.5 Å². The number of carbonyl (C=O) groups excluding carboxylic acids is 1. The summed E-state index contributed by atoms with van der Waals surface area (Å²) >= 11 is 1.75. The zero-order valence-electron chi connectivity index (χ0n) is 14.5. The van der Waals surface area contributed by atoms with Crippen LogP contribution in [0.15, 0.2) is 24.3 Å². The summed E-state index contributed by atoms with van der Waals surface area (Å²) in [6.45, 7) is 0.551. The van der Waals surface area contributed by atoms with Crippen molar-refractivity contribution in [1.29, 1.82) is 0 Å². The smallest absolute Gasteiger partial charge is 0.270 e. The first-order valence-corrected chi connectivity index (χ1v) is 9.35. The average molecular weight is 355 g/mol. The molecule has 1 amide bonds. The van der Waals surface area contributed by atoms with E-state index >= 15 is 0 Å². The van der Waals surface area contributed by atoms with Gasteiger partial charge in [0, 0.05) is 22.8 Å². The number of methoxy groups -OCH3 is 1. The number of hydrogen-bond acceptors (Lipinski definition) is 4. The molecule has 3 aromatic rings. The number of aryl methyl sites for hydroxylation is 2. The molecule has 0 unspecified atom stereocenters. The SMILES string of the molecule is COc1ccc2[nH]c(C(=O)N(C)Cc3nc4c(s3)CCCC4)cc2c1. The van der Waals surface area contributed by atoms with E-state index in [1.54, 1.807) is 23.3 Å². The number of thiazole rings is 1. The van der Waals surface area contributed by atoms with E-state index in [9.17, 15) is 4.79 Å². The summed E-state index contributed by atoms with van der Waals surface area (Å²) in [6.07, 6.45) is 4.69. The molecular formula is C19H21N3O2S. The summed E-state index contributed by atoms with van der Waals surface area (Å²) in [5.74, 6) is 0.760. The molecule has 0 saturated heterocycles. The maximum absolute atomic E-state index is 12.8. The Morgan fingerprint density at radius 2 is 2.16 bits per heavy atom. The molecule has 0 fully saturated rings. The minimum atomic E-state index is -0.0247. The lowest BCUT2D eigenvalue weighted by atomic mass is 10.0. The highest BCUT2D eigenvalue weighted by Crippen LogP contribution is 2.27. The van der Waals surface area contributed by atoms with E-state index in [4.69, 9.17) is 9.72 Å². The zero-order valence-corrected chi connectivity index (χ0v) is 15.3. The van der Waals surface area contributed by atoms with Crippen LogP contribution in [0.5, 0.6) is 5.75 Å². The summed E-state index contributed by atoms with van der Waals surface area (Å²) in [5.41, 5.74) is 2.76. The lowest BCUT2D eigenvalue weighted by Gasteiger charge is -2.14. The molecule has 0 bridgehead atoms. The number of carbonyl (C=O) groups is 1. The van der Waals surface area contributed by atoms with Crippen LogP contribution >= 0.6 is 11.3 Å². The third kappa shape index (κ3) is 3.14. The van der Waals surface area contributed by atoms with Gasteiger partial charge in [-0.25, -0.2) is 4.98 Å². The minimum absolute atomic E-state index is 0.0247. The molecule has 5 nitrogen and oxygen atoms in total. The molecule has 0 atom stereocenters. The van der Waals surface area contributed by atoms with Crippen molar-refractivity contribution in [2.75, 3.05) is 14.2 Å². The van der Waals surface area contributed by atoms with Crippen molar-refractivity contribution in [1.82, 2.24) is 14.9 Å². The number of nitrogens with one attached hydrogen (secondary N) is 1. The molecular weight excluding hydrogens is 334 g/mol. The van der Waals surface area contributed by atoms with Crippen LogP contribution in [0.25, 0.3) is 10.9 Å². The third-order valence-corrected chi connectivity index (χ3v) is 5.81. The van der Waals surface area contributed by atoms with Crippen LogP contribution in [-0.2, 0) is 19.4 Å². The van der Waals surface area contributed by atoms with Crippen molar-refractivity contribution in [3.05, 3.63) is 45.5 Å². The number of rotatable bonds is 4. The molecule has 6 heteroatoms. The molecule has 25 heavy (non-hydrogen) atoms. The van der Waals surface area contributed by atoms with Gasteiger partial charge in [0.15, 0.2) is 0 Å². The van der Waals surface area contributed by atoms with E-state index in [1.165, 1.54) is 23.4 Å². The quantitative estimate of drug-likeness (QED) is 0.775. The Morgan fingerprint density at radius 1 is 1.32 bits per heavy atom. The van der Waals surface area contributed by atoms with Gasteiger partial charge in [-0.3, -0.25) is 4.79 Å². The zero-order chi connectivity index (χ0) is 17.4. The number of hydrogen-bond donors (Lipinski definition) is 1. The summed E-state index contributed by atoms with van der Waals surface area (Å²) in [7, 11) is 3.47. The van der Waals surface area contributed by atoms with Crippen LogP contribution in [0.4, 0.5) is 0 Å². The molecule has 1 aliphatic carbocycles. The van der Waals surface area contributed by atoms with E-state index in [2.05, 4.69) is 4.98 Å². The van der Waals surface area contributed by atoms with Gasteiger partial charge in [-0.2, -0.15) is 0 Å². The van der Waals surface area contributed by atoms with Gasteiger partial charge in [0.25, 0.3) is 5.91 Å². The van der Waals surface area contributed by atoms with E-state index in [0.717, 1.165) is 34.5 Å². The Morgan fingerprint density at radius 3 is 2.96 bits per heavy atom. The number of nitrogens with zero attached hydrogens (tertiary/aromatic N) is 2. The highest BCUT2D eigenvalue weighted by atomic mass is 32.1. The van der Waals surface area contributed by atoms with Gasteiger partial charge >= 0.3 is 0 Å². The van der Waals surface area contributed by atoms with Gasteiger partial charge < -0.3 is 14.6 Å². The fourth-order valence-electron chi connectivity index (χ4n) is 3.31. The maximum atomic E-state index is 12.8. The summed E-state index contributed by atoms with van der Waals surface area (Å²) < 4.78 is 5.24. The Kier molecular flexibility index (Phi) is 4.21. The Balaban J connectivity index is 1.52. The molecule has 0 saturated carbocycles. The highest BCUT2D eigenvalue weighted by Gasteiger charge is 2.19. The van der Waals surface area contributed by atoms with Gasteiger partial charge in [-0.15, -0.1) is 11.3 Å². The molecule has 1 aromatic carbocycles. The minimum Gasteiger partial charge on any atom is -0.497 e. The Labute approximate surface area is 150 Å². The van der Waals surface area contributed by atoms with Crippen LogP contribution in [0.1, 0.15) is 38.9 Å². The van der Waals surface area contributed by atoms with Crippen molar-refractivity contribution < 1.29 is 9.53 Å². The van der Waals surface area contributed by atoms with Crippen molar-refractivity contribution in [2.24, 2.45) is 0 Å². The van der Waals surface area contributed by atoms with Gasteiger partial charge in [0.2, 0.25) is 0 Å². The standard InChI is InChI=1S/C19H21N3O2S/c1-22(11-18-21-15-5-3-4-6-17(15)25-18)19(23)16-10-12-9-13(24-2)7-8-14(12)20-16/h7-10,20H,3-6,11H2,1-2H3. The van der Waals surface area contributed by atoms with E-state index in [0.29, 0.717) is 12.2 Å². The maximum Gasteiger partial charge on any atom is 0.270 e. The van der Waals surface area contributed by atoms with Crippen LogP contribution in [0.2, 0.25) is 0 Å². The first kappa shape index (κ1) is 16.1. The summed E-state index contributed by atoms with van der Waals surface area (Å²) in [6, 6.07) is 7.62. The number of fused-ring (bicyclic) bond motifs is 2. The van der Waals surface area contributed by atoms with E-state index in [-0.39, 0.29) is 5.91 Å². The van der Waals surface area contributed by atoms with Gasteiger partial charge in [0.05, 0.1) is 19.3 Å². The van der Waals surface area contributed by atoms with Crippen LogP contribution in [-0.4, -0.2) is 34.9 Å². The molecule has 1 aliphatic rings. The number of benzene rings is 1. The second kappa shape index (κ2) is 6.52. The van der Waals surface area contributed by atoms with Crippen LogP contribution in [0.3, 0.4) is 0 Å². The fraction of sp³-hybridized carbons (Fsp3) is 0.368. The van der Waals surface area contributed by atoms with Crippen molar-refractivity contribution in [3.8, 4) is 5.75 Å². The lowest BCUT2D eigenvalue weighted by molar-refractivity contribution is 0.0780. The molecule has 0 aliphatic heterocycles. The number of aromatic nitrogens is 2. The third-order valence-electron chi connectivity index (χ3n) is 4.67. The molecule has 1 N–H and O–H groups in total. The summed E-state index contributed by atoms with van der Waals surface area (Å²) in [4.78, 5) is 23.8. The van der Waals surface area contributed by atoms with Crippen LogP contribution < -0.4 is 4.74 Å². The molecule has 2 aromatic heterocycles. The van der Waals surface area contributed by atoms with Crippen molar-refractivity contribution >= 4 is 28.1 Å². The topological polar surface area (TPSA) is 58.2 Å². The Hall–Kier alpha value is -2.34. The van der Waals surface area contributed by atoms with E-state index in [1.807, 2.05) is 31.3 Å². The number of amides is 1. The van der Waals surface area contributed by atoms with E-state index < -0.39 is 0 Å². The Bertz CT molecular complexity index is 905. The first-order valence-electron chi connectivity index (χ1n) is 8.54. The molecule has 4 rings (SSSR count). The van der Waals surface area contributed by atoms with Gasteiger partial charge in [-0.05, 0) is 49.9 Å². The molecule has 2 heterocycles. The highest BCUT2D eigenvalue weighted by molar-refractivity contribution is 7.11. The molecule has 0 spiro atoms. The van der Waals surface area contributed by atoms with Crippen molar-refractivity contribution in [2.45, 2.75) is 32.2 Å². The largest absolute Gasteiger partial charge is 0.497 e. The number of aromatic amines is 1. The summed E-state index contributed by atoms with van der Waals surface area (Å²) in [5, 5.41) is 2.00. The van der Waals surface area contributed by atoms with Gasteiger partial charge in [-0.1, -0.05) is 0 Å². The number of H-pyrrole nitrogens is 1. The number of ether oxygens (including phenoxy) is 1. The molecule has 130 valence electrons. The first-order chi connectivity index (χ1) is 12.1. The second-order valence-electron chi connectivity index (χ2n) is 6.48. The average Bonchev–Trinajstić information content (AvgIpc) is 3.23. The van der Waals surface area contributed by atoms with Crippen molar-refractivity contribution in [3.63, 3.8) is 0 Å². The second-order valence-corrected chi connectivity index (χ2v) is 7.65. The lowest BCUT2D eigenvalue weighted by Crippen LogP contribution is -2.26. The molecule has 0 radical (unpaired) electrons.